The van der Waals surface area contributed by atoms with E-state index in [1.807, 2.05) is 36.4 Å². The van der Waals surface area contributed by atoms with E-state index in [0.29, 0.717) is 18.9 Å². The zero-order chi connectivity index (χ0) is 15.9. The van der Waals surface area contributed by atoms with Gasteiger partial charge in [0, 0.05) is 12.0 Å². The van der Waals surface area contributed by atoms with Gasteiger partial charge in [0.05, 0.1) is 5.02 Å². The van der Waals surface area contributed by atoms with Crippen molar-refractivity contribution in [2.24, 2.45) is 0 Å². The first kappa shape index (κ1) is 16.6. The zero-order valence-electron chi connectivity index (χ0n) is 13.0. The van der Waals surface area contributed by atoms with Gasteiger partial charge in [-0.2, -0.15) is 0 Å². The van der Waals surface area contributed by atoms with E-state index in [9.17, 15) is 4.79 Å². The van der Waals surface area contributed by atoms with Gasteiger partial charge < -0.3 is 9.53 Å². The second kappa shape index (κ2) is 8.00. The topological polar surface area (TPSA) is 26.3 Å². The number of carbonyl (C=O) groups is 1. The van der Waals surface area contributed by atoms with Crippen molar-refractivity contribution in [1.29, 1.82) is 0 Å². The Labute approximate surface area is 137 Å². The Morgan fingerprint density at radius 3 is 2.50 bits per heavy atom. The third-order valence-electron chi connectivity index (χ3n) is 3.60. The van der Waals surface area contributed by atoms with Crippen LogP contribution in [0.5, 0.6) is 5.75 Å². The van der Waals surface area contributed by atoms with E-state index in [1.165, 1.54) is 0 Å². The molecule has 0 aliphatic carbocycles. The van der Waals surface area contributed by atoms with Crippen molar-refractivity contribution < 1.29 is 9.53 Å². The molecule has 0 aromatic heterocycles. The van der Waals surface area contributed by atoms with Crippen molar-refractivity contribution in [1.82, 2.24) is 0 Å². The molecule has 0 aliphatic heterocycles. The summed E-state index contributed by atoms with van der Waals surface area (Å²) in [5.41, 5.74) is 3.28. The van der Waals surface area contributed by atoms with Crippen LogP contribution in [0.4, 0.5) is 0 Å². The molecule has 3 heteroatoms. The SMILES string of the molecule is CC(C)c1cccc(COc2ccc(CCC=O)cc2)c1Cl. The largest absolute Gasteiger partial charge is 0.489 e. The van der Waals surface area contributed by atoms with Crippen LogP contribution in [-0.4, -0.2) is 6.29 Å². The van der Waals surface area contributed by atoms with Crippen molar-refractivity contribution in [2.45, 2.75) is 39.2 Å². The number of carbonyl (C=O) groups excluding carboxylic acids is 1. The second-order valence-corrected chi connectivity index (χ2v) is 5.99. The lowest BCUT2D eigenvalue weighted by molar-refractivity contribution is -0.107. The van der Waals surface area contributed by atoms with Crippen molar-refractivity contribution in [2.75, 3.05) is 0 Å². The van der Waals surface area contributed by atoms with Crippen molar-refractivity contribution >= 4 is 17.9 Å². The minimum atomic E-state index is 0.393. The lowest BCUT2D eigenvalue weighted by Crippen LogP contribution is -1.99. The average Bonchev–Trinajstić information content (AvgIpc) is 2.52. The first-order chi connectivity index (χ1) is 10.6. The summed E-state index contributed by atoms with van der Waals surface area (Å²) in [6.45, 7) is 4.71. The lowest BCUT2D eigenvalue weighted by Gasteiger charge is -2.13. The molecule has 2 aromatic rings. The van der Waals surface area contributed by atoms with E-state index in [-0.39, 0.29) is 0 Å². The Bertz CT molecular complexity index is 618. The van der Waals surface area contributed by atoms with Gasteiger partial charge in [-0.25, -0.2) is 0 Å². The van der Waals surface area contributed by atoms with Gasteiger partial charge in [-0.3, -0.25) is 0 Å². The summed E-state index contributed by atoms with van der Waals surface area (Å²) in [7, 11) is 0. The first-order valence-corrected chi connectivity index (χ1v) is 7.92. The Kier molecular flexibility index (Phi) is 6.02. The molecule has 0 amide bonds. The van der Waals surface area contributed by atoms with Crippen molar-refractivity contribution in [3.05, 3.63) is 64.2 Å². The summed E-state index contributed by atoms with van der Waals surface area (Å²) in [4.78, 5) is 10.4. The maximum Gasteiger partial charge on any atom is 0.120 e. The van der Waals surface area contributed by atoms with E-state index < -0.39 is 0 Å². The van der Waals surface area contributed by atoms with E-state index in [2.05, 4.69) is 19.9 Å². The van der Waals surface area contributed by atoms with Crippen LogP contribution in [0.3, 0.4) is 0 Å². The van der Waals surface area contributed by atoms with Crippen LogP contribution in [0.25, 0.3) is 0 Å². The van der Waals surface area contributed by atoms with E-state index >= 15 is 0 Å². The summed E-state index contributed by atoms with van der Waals surface area (Å²) < 4.78 is 5.81. The molecule has 2 nitrogen and oxygen atoms in total. The smallest absolute Gasteiger partial charge is 0.120 e. The van der Waals surface area contributed by atoms with E-state index in [1.54, 1.807) is 0 Å². The highest BCUT2D eigenvalue weighted by Crippen LogP contribution is 2.28. The Morgan fingerprint density at radius 2 is 1.86 bits per heavy atom. The number of halogens is 1. The molecule has 22 heavy (non-hydrogen) atoms. The van der Waals surface area contributed by atoms with Crippen LogP contribution in [0.15, 0.2) is 42.5 Å². The summed E-state index contributed by atoms with van der Waals surface area (Å²) in [5, 5.41) is 0.792. The average molecular weight is 317 g/mol. The predicted octanol–water partition coefficient (Wildman–Crippen LogP) is 5.17. The molecule has 0 saturated carbocycles. The van der Waals surface area contributed by atoms with Gasteiger partial charge in [0.25, 0.3) is 0 Å². The Hall–Kier alpha value is -1.80. The summed E-state index contributed by atoms with van der Waals surface area (Å²) in [5.74, 6) is 1.20. The van der Waals surface area contributed by atoms with Crippen molar-refractivity contribution in [3.63, 3.8) is 0 Å². The number of hydrogen-bond donors (Lipinski definition) is 0. The third kappa shape index (κ3) is 4.35. The minimum absolute atomic E-state index is 0.393. The summed E-state index contributed by atoms with van der Waals surface area (Å²) in [6, 6.07) is 13.9. The molecular weight excluding hydrogens is 296 g/mol. The molecule has 116 valence electrons. The normalized spacial score (nSPS) is 10.7. The predicted molar refractivity (Wildman–Crippen MR) is 90.7 cm³/mol. The molecule has 0 atom stereocenters. The van der Waals surface area contributed by atoms with Crippen LogP contribution in [0.2, 0.25) is 5.02 Å². The van der Waals surface area contributed by atoms with Gasteiger partial charge in [-0.1, -0.05) is 55.8 Å². The number of benzene rings is 2. The number of rotatable bonds is 7. The maximum atomic E-state index is 10.4. The highest BCUT2D eigenvalue weighted by Gasteiger charge is 2.09. The minimum Gasteiger partial charge on any atom is -0.489 e. The molecule has 2 rings (SSSR count). The highest BCUT2D eigenvalue weighted by molar-refractivity contribution is 6.32. The third-order valence-corrected chi connectivity index (χ3v) is 4.06. The lowest BCUT2D eigenvalue weighted by atomic mass is 10.0. The van der Waals surface area contributed by atoms with Gasteiger partial charge in [-0.15, -0.1) is 0 Å². The zero-order valence-corrected chi connectivity index (χ0v) is 13.8. The van der Waals surface area contributed by atoms with Crippen LogP contribution < -0.4 is 4.74 Å². The quantitative estimate of drug-likeness (QED) is 0.658. The fourth-order valence-corrected chi connectivity index (χ4v) is 2.69. The number of hydrogen-bond acceptors (Lipinski definition) is 2. The molecule has 2 aromatic carbocycles. The van der Waals surface area contributed by atoms with Gasteiger partial charge >= 0.3 is 0 Å². The van der Waals surface area contributed by atoms with Crippen LogP contribution >= 0.6 is 11.6 Å². The van der Waals surface area contributed by atoms with Gasteiger partial charge in [0.2, 0.25) is 0 Å². The number of aldehydes is 1. The van der Waals surface area contributed by atoms with Crippen LogP contribution in [0, 0.1) is 0 Å². The molecule has 0 unspecified atom stereocenters. The highest BCUT2D eigenvalue weighted by atomic mass is 35.5. The van der Waals surface area contributed by atoms with Crippen LogP contribution in [-0.2, 0) is 17.8 Å². The molecule has 0 bridgehead atoms. The van der Waals surface area contributed by atoms with Gasteiger partial charge in [0.1, 0.15) is 18.6 Å². The van der Waals surface area contributed by atoms with Crippen molar-refractivity contribution in [3.8, 4) is 5.75 Å². The molecule has 0 N–H and O–H groups in total. The fraction of sp³-hybridized carbons (Fsp3) is 0.316. The Morgan fingerprint density at radius 1 is 1.14 bits per heavy atom. The molecule has 0 aliphatic rings. The maximum absolute atomic E-state index is 10.4. The summed E-state index contributed by atoms with van der Waals surface area (Å²) in [6.07, 6.45) is 2.26. The van der Waals surface area contributed by atoms with E-state index in [4.69, 9.17) is 16.3 Å². The monoisotopic (exact) mass is 316 g/mol. The van der Waals surface area contributed by atoms with Gasteiger partial charge in [-0.05, 0) is 35.6 Å². The number of ether oxygens (including phenoxy) is 1. The first-order valence-electron chi connectivity index (χ1n) is 7.54. The summed E-state index contributed by atoms with van der Waals surface area (Å²) >= 11 is 6.44. The Balaban J connectivity index is 2.01. The molecule has 0 fully saturated rings. The molecule has 0 saturated heterocycles. The molecule has 0 spiro atoms. The van der Waals surface area contributed by atoms with Crippen LogP contribution in [0.1, 0.15) is 42.9 Å². The standard InChI is InChI=1S/C19H21ClO2/c1-14(2)18-7-3-6-16(19(18)20)13-22-17-10-8-15(9-11-17)5-4-12-21/h3,6-12,14H,4-5,13H2,1-2H3. The van der Waals surface area contributed by atoms with Gasteiger partial charge in [0.15, 0.2) is 0 Å². The second-order valence-electron chi connectivity index (χ2n) is 5.61. The molecule has 0 radical (unpaired) electrons. The number of aryl methyl sites for hydroxylation is 1. The molecular formula is C19H21ClO2. The van der Waals surface area contributed by atoms with E-state index in [0.717, 1.165) is 40.2 Å². The fourth-order valence-electron chi connectivity index (χ4n) is 2.30. The molecule has 0 heterocycles.